The normalized spacial score (nSPS) is 15.1. The first-order chi connectivity index (χ1) is 8.18. The predicted octanol–water partition coefficient (Wildman–Crippen LogP) is 1.73. The van der Waals surface area contributed by atoms with Crippen LogP contribution in [0.4, 0.5) is 11.4 Å². The summed E-state index contributed by atoms with van der Waals surface area (Å²) in [5.74, 6) is 0. The van der Waals surface area contributed by atoms with Gasteiger partial charge in [0.15, 0.2) is 5.52 Å². The van der Waals surface area contributed by atoms with Gasteiger partial charge in [-0.25, -0.2) is 4.63 Å². The van der Waals surface area contributed by atoms with Crippen molar-refractivity contribution in [3.05, 3.63) is 22.2 Å². The highest BCUT2D eigenvalue weighted by Gasteiger charge is 2.29. The molecule has 3 rings (SSSR count). The highest BCUT2D eigenvalue weighted by molar-refractivity contribution is 5.93. The van der Waals surface area contributed by atoms with E-state index in [0.717, 1.165) is 18.5 Å². The maximum atomic E-state index is 10.8. The molecule has 88 valence electrons. The van der Waals surface area contributed by atoms with Crippen molar-refractivity contribution in [1.82, 2.24) is 10.3 Å². The lowest BCUT2D eigenvalue weighted by Crippen LogP contribution is -2.19. The minimum atomic E-state index is -0.479. The van der Waals surface area contributed by atoms with E-state index in [0.29, 0.717) is 11.6 Å². The van der Waals surface area contributed by atoms with Gasteiger partial charge in [0.05, 0.1) is 10.6 Å². The second-order valence-corrected chi connectivity index (χ2v) is 4.16. The van der Waals surface area contributed by atoms with Crippen LogP contribution in [0.5, 0.6) is 0 Å². The molecule has 7 nitrogen and oxygen atoms in total. The van der Waals surface area contributed by atoms with E-state index in [4.69, 9.17) is 0 Å². The van der Waals surface area contributed by atoms with Crippen molar-refractivity contribution in [1.29, 1.82) is 0 Å². The smallest absolute Gasteiger partial charge is 0.300 e. The summed E-state index contributed by atoms with van der Waals surface area (Å²) >= 11 is 0. The topological polar surface area (TPSA) is 85.3 Å². The average molecular weight is 234 g/mol. The summed E-state index contributed by atoms with van der Waals surface area (Å²) in [5, 5.41) is 18.2. The SMILES string of the molecule is CN(c1ccc([N+](=O)[O-])c2nonc12)C1CC1. The van der Waals surface area contributed by atoms with Gasteiger partial charge in [-0.1, -0.05) is 0 Å². The fourth-order valence-corrected chi connectivity index (χ4v) is 1.93. The highest BCUT2D eigenvalue weighted by atomic mass is 16.6. The van der Waals surface area contributed by atoms with Crippen LogP contribution in [0.1, 0.15) is 12.8 Å². The summed E-state index contributed by atoms with van der Waals surface area (Å²) in [5.41, 5.74) is 1.41. The van der Waals surface area contributed by atoms with Crippen LogP contribution in [-0.2, 0) is 0 Å². The largest absolute Gasteiger partial charge is 0.370 e. The molecule has 7 heteroatoms. The number of anilines is 1. The fraction of sp³-hybridized carbons (Fsp3) is 0.400. The van der Waals surface area contributed by atoms with Crippen molar-refractivity contribution in [3.63, 3.8) is 0 Å². The molecule has 1 aliphatic carbocycles. The van der Waals surface area contributed by atoms with Gasteiger partial charge in [-0.3, -0.25) is 10.1 Å². The van der Waals surface area contributed by atoms with E-state index in [9.17, 15) is 10.1 Å². The van der Waals surface area contributed by atoms with Gasteiger partial charge in [-0.15, -0.1) is 0 Å². The Morgan fingerprint density at radius 1 is 1.41 bits per heavy atom. The van der Waals surface area contributed by atoms with Gasteiger partial charge in [0.1, 0.15) is 0 Å². The van der Waals surface area contributed by atoms with Crippen molar-refractivity contribution >= 4 is 22.4 Å². The summed E-state index contributed by atoms with van der Waals surface area (Å²) in [4.78, 5) is 12.4. The zero-order valence-electron chi connectivity index (χ0n) is 9.16. The van der Waals surface area contributed by atoms with Crippen LogP contribution in [0.25, 0.3) is 11.0 Å². The van der Waals surface area contributed by atoms with Crippen molar-refractivity contribution < 1.29 is 9.55 Å². The summed E-state index contributed by atoms with van der Waals surface area (Å²) in [6.07, 6.45) is 2.28. The number of fused-ring (bicyclic) bond motifs is 1. The molecule has 0 spiro atoms. The maximum absolute atomic E-state index is 10.8. The van der Waals surface area contributed by atoms with Gasteiger partial charge in [-0.05, 0) is 29.2 Å². The summed E-state index contributed by atoms with van der Waals surface area (Å²) in [6.45, 7) is 0. The van der Waals surface area contributed by atoms with Crippen LogP contribution in [0, 0.1) is 10.1 Å². The van der Waals surface area contributed by atoms with Crippen LogP contribution < -0.4 is 4.90 Å². The highest BCUT2D eigenvalue weighted by Crippen LogP contribution is 2.36. The lowest BCUT2D eigenvalue weighted by Gasteiger charge is -2.17. The Balaban J connectivity index is 2.17. The van der Waals surface area contributed by atoms with Crippen LogP contribution in [-0.4, -0.2) is 28.3 Å². The molecule has 0 atom stereocenters. The molecule has 0 saturated heterocycles. The monoisotopic (exact) mass is 234 g/mol. The molecule has 2 aromatic rings. The summed E-state index contributed by atoms with van der Waals surface area (Å²) < 4.78 is 4.62. The van der Waals surface area contributed by atoms with E-state index in [1.165, 1.54) is 6.07 Å². The molecule has 0 radical (unpaired) electrons. The van der Waals surface area contributed by atoms with Gasteiger partial charge in [0, 0.05) is 19.2 Å². The standard InChI is InChI=1S/C10H10N4O3/c1-13(6-2-3-6)7-4-5-8(14(15)16)10-9(7)11-17-12-10/h4-6H,2-3H2,1H3. The predicted molar refractivity (Wildman–Crippen MR) is 59.9 cm³/mol. The second kappa shape index (κ2) is 3.41. The van der Waals surface area contributed by atoms with Crippen LogP contribution in [0.3, 0.4) is 0 Å². The molecular weight excluding hydrogens is 224 g/mol. The van der Waals surface area contributed by atoms with Gasteiger partial charge in [-0.2, -0.15) is 0 Å². The molecule has 1 heterocycles. The Kier molecular flexibility index (Phi) is 2.01. The molecule has 0 amide bonds. The van der Waals surface area contributed by atoms with Gasteiger partial charge in [0.25, 0.3) is 0 Å². The number of nitro benzene ring substituents is 1. The molecule has 0 N–H and O–H groups in total. The Morgan fingerprint density at radius 3 is 2.76 bits per heavy atom. The van der Waals surface area contributed by atoms with Crippen molar-refractivity contribution in [3.8, 4) is 0 Å². The van der Waals surface area contributed by atoms with Crippen LogP contribution >= 0.6 is 0 Å². The molecule has 1 aromatic heterocycles. The third-order valence-corrected chi connectivity index (χ3v) is 3.04. The number of nitro groups is 1. The number of benzene rings is 1. The Labute approximate surface area is 96.1 Å². The Bertz CT molecular complexity index is 590. The minimum absolute atomic E-state index is 0.0748. The molecule has 1 aliphatic rings. The molecular formula is C10H10N4O3. The molecule has 1 fully saturated rings. The number of non-ortho nitro benzene ring substituents is 1. The molecule has 17 heavy (non-hydrogen) atoms. The quantitative estimate of drug-likeness (QED) is 0.593. The Morgan fingerprint density at radius 2 is 2.12 bits per heavy atom. The van der Waals surface area contributed by atoms with Crippen molar-refractivity contribution in [2.24, 2.45) is 0 Å². The lowest BCUT2D eigenvalue weighted by atomic mass is 10.2. The fourth-order valence-electron chi connectivity index (χ4n) is 1.93. The van der Waals surface area contributed by atoms with E-state index >= 15 is 0 Å². The molecule has 1 aromatic carbocycles. The van der Waals surface area contributed by atoms with Gasteiger partial charge in [0.2, 0.25) is 5.52 Å². The van der Waals surface area contributed by atoms with Crippen LogP contribution in [0.15, 0.2) is 16.8 Å². The average Bonchev–Trinajstić information content (AvgIpc) is 3.04. The zero-order valence-corrected chi connectivity index (χ0v) is 9.16. The molecule has 0 aliphatic heterocycles. The number of hydrogen-bond donors (Lipinski definition) is 0. The van der Waals surface area contributed by atoms with E-state index in [1.54, 1.807) is 6.07 Å². The first kappa shape index (κ1) is 10.0. The van der Waals surface area contributed by atoms with Crippen molar-refractivity contribution in [2.75, 3.05) is 11.9 Å². The number of aromatic nitrogens is 2. The molecule has 1 saturated carbocycles. The number of rotatable bonds is 3. The van der Waals surface area contributed by atoms with E-state index in [-0.39, 0.29) is 11.2 Å². The van der Waals surface area contributed by atoms with E-state index < -0.39 is 4.92 Å². The first-order valence-corrected chi connectivity index (χ1v) is 5.31. The minimum Gasteiger partial charge on any atom is -0.370 e. The number of nitrogens with zero attached hydrogens (tertiary/aromatic N) is 4. The van der Waals surface area contributed by atoms with Crippen molar-refractivity contribution in [2.45, 2.75) is 18.9 Å². The van der Waals surface area contributed by atoms with E-state index in [2.05, 4.69) is 19.8 Å². The third-order valence-electron chi connectivity index (χ3n) is 3.04. The maximum Gasteiger partial charge on any atom is 0.300 e. The second-order valence-electron chi connectivity index (χ2n) is 4.16. The zero-order chi connectivity index (χ0) is 12.0. The molecule has 0 bridgehead atoms. The first-order valence-electron chi connectivity index (χ1n) is 5.31. The summed E-state index contributed by atoms with van der Waals surface area (Å²) in [6, 6.07) is 3.64. The van der Waals surface area contributed by atoms with Gasteiger partial charge < -0.3 is 4.90 Å². The number of hydrogen-bond acceptors (Lipinski definition) is 6. The Hall–Kier alpha value is -2.18. The lowest BCUT2D eigenvalue weighted by molar-refractivity contribution is -0.383. The summed E-state index contributed by atoms with van der Waals surface area (Å²) in [7, 11) is 1.95. The third kappa shape index (κ3) is 1.50. The molecule has 0 unspecified atom stereocenters. The van der Waals surface area contributed by atoms with Gasteiger partial charge >= 0.3 is 5.69 Å². The van der Waals surface area contributed by atoms with Crippen LogP contribution in [0.2, 0.25) is 0 Å². The van der Waals surface area contributed by atoms with E-state index in [1.807, 2.05) is 7.05 Å².